The molecule has 0 aliphatic carbocycles. The molecule has 0 N–H and O–H groups in total. The van der Waals surface area contributed by atoms with Gasteiger partial charge in [0.15, 0.2) is 0 Å². The smallest absolute Gasteiger partial charge is 0.264 e. The molecule has 1 fully saturated rings. The van der Waals surface area contributed by atoms with Gasteiger partial charge in [0.2, 0.25) is 0 Å². The molecule has 2 amide bonds. The normalized spacial score (nSPS) is 14.3. The third-order valence-electron chi connectivity index (χ3n) is 5.35. The summed E-state index contributed by atoms with van der Waals surface area (Å²) in [6.45, 7) is 2.29. The number of carbonyl (C=O) groups is 2. The minimum absolute atomic E-state index is 0.0277. The fraction of sp³-hybridized carbons (Fsp3) is 0.250. The largest absolute Gasteiger partial charge is 0.496 e. The van der Waals surface area contributed by atoms with Crippen molar-refractivity contribution in [2.45, 2.75) is 6.42 Å². The van der Waals surface area contributed by atoms with Crippen LogP contribution in [0.2, 0.25) is 0 Å². The number of amides is 2. The molecule has 0 atom stereocenters. The van der Waals surface area contributed by atoms with Gasteiger partial charge in [0, 0.05) is 35.5 Å². The second kappa shape index (κ2) is 9.66. The van der Waals surface area contributed by atoms with Crippen LogP contribution >= 0.6 is 27.3 Å². The highest BCUT2D eigenvalue weighted by Gasteiger charge is 2.25. The quantitative estimate of drug-likeness (QED) is 0.498. The first-order chi connectivity index (χ1) is 15.1. The molecule has 0 bridgehead atoms. The highest BCUT2D eigenvalue weighted by molar-refractivity contribution is 9.10. The summed E-state index contributed by atoms with van der Waals surface area (Å²) in [7, 11) is 1.57. The zero-order chi connectivity index (χ0) is 21.8. The van der Waals surface area contributed by atoms with Crippen LogP contribution in [0.1, 0.15) is 26.5 Å². The van der Waals surface area contributed by atoms with Gasteiger partial charge in [0.25, 0.3) is 11.8 Å². The second-order valence-electron chi connectivity index (χ2n) is 7.31. The summed E-state index contributed by atoms with van der Waals surface area (Å²) in [5.74, 6) is 0.545. The van der Waals surface area contributed by atoms with Crippen molar-refractivity contribution >= 4 is 39.1 Å². The summed E-state index contributed by atoms with van der Waals surface area (Å²) in [6, 6.07) is 19.2. The Morgan fingerprint density at radius 1 is 0.871 bits per heavy atom. The molecule has 2 heterocycles. The van der Waals surface area contributed by atoms with E-state index in [0.29, 0.717) is 37.5 Å². The number of rotatable bonds is 4. The number of benzene rings is 2. The summed E-state index contributed by atoms with van der Waals surface area (Å²) >= 11 is 4.96. The molecule has 0 unspecified atom stereocenters. The van der Waals surface area contributed by atoms with Crippen LogP contribution in [-0.2, 0) is 0 Å². The zero-order valence-electron chi connectivity index (χ0n) is 17.2. The molecule has 4 rings (SSSR count). The Morgan fingerprint density at radius 3 is 2.26 bits per heavy atom. The number of hydrogen-bond acceptors (Lipinski definition) is 4. The third-order valence-corrected chi connectivity index (χ3v) is 7.00. The van der Waals surface area contributed by atoms with E-state index in [1.54, 1.807) is 19.2 Å². The van der Waals surface area contributed by atoms with Crippen LogP contribution < -0.4 is 4.74 Å². The standard InChI is InChI=1S/C24H23BrN2O3S/c1-30-20-6-3-2-5-19(20)23(28)26-13-4-14-27(16-15-26)24(29)22-12-11-21(31-22)17-7-9-18(25)10-8-17/h2-3,5-12H,4,13-16H2,1H3. The van der Waals surface area contributed by atoms with Crippen LogP contribution in [0.4, 0.5) is 0 Å². The average molecular weight is 499 g/mol. The van der Waals surface area contributed by atoms with E-state index in [4.69, 9.17) is 4.74 Å². The lowest BCUT2D eigenvalue weighted by atomic mass is 10.1. The average Bonchev–Trinajstić information content (AvgIpc) is 3.16. The number of carbonyl (C=O) groups excluding carboxylic acids is 2. The molecule has 1 aliphatic rings. The number of thiophene rings is 1. The first kappa shape index (κ1) is 21.6. The maximum Gasteiger partial charge on any atom is 0.264 e. The minimum atomic E-state index is -0.0552. The van der Waals surface area contributed by atoms with Crippen LogP contribution in [0.3, 0.4) is 0 Å². The van der Waals surface area contributed by atoms with E-state index in [1.807, 2.05) is 58.3 Å². The molecule has 160 valence electrons. The number of nitrogens with zero attached hydrogens (tertiary/aromatic N) is 2. The molecule has 0 saturated carbocycles. The highest BCUT2D eigenvalue weighted by atomic mass is 79.9. The minimum Gasteiger partial charge on any atom is -0.496 e. The van der Waals surface area contributed by atoms with Gasteiger partial charge in [-0.2, -0.15) is 0 Å². The van der Waals surface area contributed by atoms with E-state index in [2.05, 4.69) is 15.9 Å². The fourth-order valence-electron chi connectivity index (χ4n) is 3.69. The lowest BCUT2D eigenvalue weighted by Gasteiger charge is -2.22. The molecule has 5 nitrogen and oxygen atoms in total. The monoisotopic (exact) mass is 498 g/mol. The van der Waals surface area contributed by atoms with Gasteiger partial charge in [-0.1, -0.05) is 40.2 Å². The van der Waals surface area contributed by atoms with Gasteiger partial charge in [-0.3, -0.25) is 9.59 Å². The Bertz CT molecular complexity index is 1080. The van der Waals surface area contributed by atoms with E-state index in [0.717, 1.165) is 26.2 Å². The molecule has 1 saturated heterocycles. The van der Waals surface area contributed by atoms with Gasteiger partial charge >= 0.3 is 0 Å². The Labute approximate surface area is 194 Å². The maximum atomic E-state index is 13.1. The van der Waals surface area contributed by atoms with Crippen molar-refractivity contribution in [3.63, 3.8) is 0 Å². The molecule has 0 spiro atoms. The molecule has 1 aliphatic heterocycles. The van der Waals surface area contributed by atoms with E-state index in [-0.39, 0.29) is 11.8 Å². The molecule has 1 aromatic heterocycles. The predicted octanol–water partition coefficient (Wildman–Crippen LogP) is 5.17. The first-order valence-corrected chi connectivity index (χ1v) is 11.7. The van der Waals surface area contributed by atoms with Gasteiger partial charge < -0.3 is 14.5 Å². The number of methoxy groups -OCH3 is 1. The summed E-state index contributed by atoms with van der Waals surface area (Å²) in [6.07, 6.45) is 0.748. The predicted molar refractivity (Wildman–Crippen MR) is 127 cm³/mol. The van der Waals surface area contributed by atoms with Gasteiger partial charge in [-0.15, -0.1) is 11.3 Å². The first-order valence-electron chi connectivity index (χ1n) is 10.1. The van der Waals surface area contributed by atoms with Gasteiger partial charge in [-0.25, -0.2) is 0 Å². The maximum absolute atomic E-state index is 13.1. The van der Waals surface area contributed by atoms with Crippen LogP contribution in [0.15, 0.2) is 65.1 Å². The molecule has 31 heavy (non-hydrogen) atoms. The summed E-state index contributed by atoms with van der Waals surface area (Å²) in [4.78, 5) is 31.6. The van der Waals surface area contributed by atoms with Crippen LogP contribution in [0, 0.1) is 0 Å². The number of halogens is 1. The van der Waals surface area contributed by atoms with Gasteiger partial charge in [0.1, 0.15) is 5.75 Å². The second-order valence-corrected chi connectivity index (χ2v) is 9.31. The molecule has 7 heteroatoms. The fourth-order valence-corrected chi connectivity index (χ4v) is 4.94. The lowest BCUT2D eigenvalue weighted by molar-refractivity contribution is 0.0719. The van der Waals surface area contributed by atoms with Crippen molar-refractivity contribution in [1.29, 1.82) is 0 Å². The van der Waals surface area contributed by atoms with E-state index < -0.39 is 0 Å². The van der Waals surface area contributed by atoms with E-state index >= 15 is 0 Å². The Hall–Kier alpha value is -2.64. The van der Waals surface area contributed by atoms with Crippen molar-refractivity contribution in [1.82, 2.24) is 9.80 Å². The van der Waals surface area contributed by atoms with E-state index in [9.17, 15) is 9.59 Å². The van der Waals surface area contributed by atoms with Crippen LogP contribution in [0.25, 0.3) is 10.4 Å². The van der Waals surface area contributed by atoms with Gasteiger partial charge in [-0.05, 0) is 48.4 Å². The Balaban J connectivity index is 1.43. The third kappa shape index (κ3) is 4.83. The molecule has 0 radical (unpaired) electrons. The van der Waals surface area contributed by atoms with Crippen molar-refractivity contribution in [2.24, 2.45) is 0 Å². The molecular weight excluding hydrogens is 476 g/mol. The van der Waals surface area contributed by atoms with E-state index in [1.165, 1.54) is 11.3 Å². The number of hydrogen-bond donors (Lipinski definition) is 0. The summed E-state index contributed by atoms with van der Waals surface area (Å²) < 4.78 is 6.37. The zero-order valence-corrected chi connectivity index (χ0v) is 19.6. The Morgan fingerprint density at radius 2 is 1.55 bits per heavy atom. The number of para-hydroxylation sites is 1. The van der Waals surface area contributed by atoms with Crippen molar-refractivity contribution in [3.05, 3.63) is 75.6 Å². The van der Waals surface area contributed by atoms with Crippen LogP contribution in [0.5, 0.6) is 5.75 Å². The molecule has 2 aromatic carbocycles. The van der Waals surface area contributed by atoms with Crippen molar-refractivity contribution in [3.8, 4) is 16.2 Å². The molecule has 3 aromatic rings. The summed E-state index contributed by atoms with van der Waals surface area (Å²) in [5, 5.41) is 0. The highest BCUT2D eigenvalue weighted by Crippen LogP contribution is 2.30. The van der Waals surface area contributed by atoms with Gasteiger partial charge in [0.05, 0.1) is 17.6 Å². The Kier molecular flexibility index (Phi) is 6.73. The SMILES string of the molecule is COc1ccccc1C(=O)N1CCCN(C(=O)c2ccc(-c3ccc(Br)cc3)s2)CC1. The topological polar surface area (TPSA) is 49.9 Å². The van der Waals surface area contributed by atoms with Crippen LogP contribution in [-0.4, -0.2) is 54.9 Å². The number of ether oxygens (including phenoxy) is 1. The lowest BCUT2D eigenvalue weighted by Crippen LogP contribution is -2.37. The molecular formula is C24H23BrN2O3S. The van der Waals surface area contributed by atoms with Crippen molar-refractivity contribution < 1.29 is 14.3 Å². The summed E-state index contributed by atoms with van der Waals surface area (Å²) in [5.41, 5.74) is 1.65. The van der Waals surface area contributed by atoms with Crippen molar-refractivity contribution in [2.75, 3.05) is 33.3 Å².